The van der Waals surface area contributed by atoms with Crippen LogP contribution in [-0.2, 0) is 9.53 Å². The van der Waals surface area contributed by atoms with E-state index in [0.717, 1.165) is 0 Å². The molecule has 2 amide bonds. The fourth-order valence-corrected chi connectivity index (χ4v) is 3.15. The maximum absolute atomic E-state index is 12.2. The molecule has 1 heterocycles. The Balaban J connectivity index is 1.80. The van der Waals surface area contributed by atoms with Gasteiger partial charge < -0.3 is 15.0 Å². The van der Waals surface area contributed by atoms with Crippen molar-refractivity contribution in [1.82, 2.24) is 10.2 Å². The van der Waals surface area contributed by atoms with Gasteiger partial charge in [0.05, 0.1) is 18.0 Å². The van der Waals surface area contributed by atoms with E-state index >= 15 is 0 Å². The fourth-order valence-electron chi connectivity index (χ4n) is 3.03. The highest BCUT2D eigenvalue weighted by Gasteiger charge is 2.38. The maximum atomic E-state index is 12.2. The number of nitrogens with one attached hydrogen (secondary N) is 1. The summed E-state index contributed by atoms with van der Waals surface area (Å²) in [6.45, 7) is 5.75. The number of ether oxygens (including phenoxy) is 1. The van der Waals surface area contributed by atoms with E-state index in [1.54, 1.807) is 45.0 Å². The Kier molecular flexibility index (Phi) is 7.63. The Morgan fingerprint density at radius 1 is 1.21 bits per heavy atom. The van der Waals surface area contributed by atoms with Gasteiger partial charge in [-0.15, -0.1) is 0 Å². The van der Waals surface area contributed by atoms with E-state index in [4.69, 9.17) is 16.3 Å². The van der Waals surface area contributed by atoms with Crippen molar-refractivity contribution in [2.24, 2.45) is 5.92 Å². The van der Waals surface area contributed by atoms with Crippen LogP contribution in [0.2, 0.25) is 5.02 Å². The highest BCUT2D eigenvalue weighted by atomic mass is 35.5. The molecule has 29 heavy (non-hydrogen) atoms. The van der Waals surface area contributed by atoms with Crippen LogP contribution in [0.1, 0.15) is 50.4 Å². The van der Waals surface area contributed by atoms with E-state index in [0.29, 0.717) is 17.0 Å². The Morgan fingerprint density at radius 3 is 2.45 bits per heavy atom. The molecule has 8 heteroatoms. The maximum Gasteiger partial charge on any atom is 0.410 e. The number of carbonyl (C=O) groups excluding carboxylic acids is 3. The molecule has 1 fully saturated rings. The largest absolute Gasteiger partial charge is 0.444 e. The third-order valence-electron chi connectivity index (χ3n) is 4.46. The quantitative estimate of drug-likeness (QED) is 0.710. The van der Waals surface area contributed by atoms with Crippen molar-refractivity contribution in [2.45, 2.75) is 51.7 Å². The van der Waals surface area contributed by atoms with Gasteiger partial charge in [0.15, 0.2) is 5.78 Å². The lowest BCUT2D eigenvalue weighted by atomic mass is 10.0. The van der Waals surface area contributed by atoms with Gasteiger partial charge in [0, 0.05) is 36.5 Å². The summed E-state index contributed by atoms with van der Waals surface area (Å²) in [6, 6.07) is 8.31. The Labute approximate surface area is 176 Å². The molecule has 1 aliphatic rings. The number of rotatable bonds is 6. The highest BCUT2D eigenvalue weighted by Crippen LogP contribution is 2.20. The first-order valence-electron chi connectivity index (χ1n) is 9.54. The van der Waals surface area contributed by atoms with Crippen LogP contribution in [-0.4, -0.2) is 47.4 Å². The number of likely N-dealkylation sites (tertiary alicyclic amines) is 1. The van der Waals surface area contributed by atoms with Crippen LogP contribution in [0.5, 0.6) is 0 Å². The molecule has 156 valence electrons. The molecule has 7 nitrogen and oxygen atoms in total. The minimum absolute atomic E-state index is 0.0543. The summed E-state index contributed by atoms with van der Waals surface area (Å²) in [7, 11) is 0. The van der Waals surface area contributed by atoms with E-state index in [-0.39, 0.29) is 37.6 Å². The number of hydrogen-bond acceptors (Lipinski definition) is 5. The first-order chi connectivity index (χ1) is 13.6. The van der Waals surface area contributed by atoms with Crippen molar-refractivity contribution in [1.29, 1.82) is 5.26 Å². The predicted octanol–water partition coefficient (Wildman–Crippen LogP) is 3.57. The number of amides is 2. The van der Waals surface area contributed by atoms with Crippen LogP contribution in [0.25, 0.3) is 0 Å². The molecule has 1 N–H and O–H groups in total. The van der Waals surface area contributed by atoms with E-state index in [1.165, 1.54) is 4.90 Å². The van der Waals surface area contributed by atoms with Gasteiger partial charge in [0.25, 0.3) is 0 Å². The van der Waals surface area contributed by atoms with Crippen LogP contribution in [0.4, 0.5) is 4.79 Å². The van der Waals surface area contributed by atoms with Crippen LogP contribution in [0.3, 0.4) is 0 Å². The van der Waals surface area contributed by atoms with Crippen molar-refractivity contribution in [3.8, 4) is 6.07 Å². The number of carbonyl (C=O) groups is 3. The molecule has 0 aliphatic carbocycles. The molecule has 2 rings (SSSR count). The molecular formula is C21H26ClN3O4. The van der Waals surface area contributed by atoms with Gasteiger partial charge in [-0.1, -0.05) is 11.6 Å². The fraction of sp³-hybridized carbons (Fsp3) is 0.524. The number of nitriles is 1. The topological polar surface area (TPSA) is 99.5 Å². The minimum atomic E-state index is -0.628. The number of halogens is 1. The summed E-state index contributed by atoms with van der Waals surface area (Å²) in [5.41, 5.74) is -0.0693. The molecule has 0 radical (unpaired) electrons. The van der Waals surface area contributed by atoms with E-state index in [1.807, 2.05) is 0 Å². The molecular weight excluding hydrogens is 394 g/mol. The molecule has 1 aromatic rings. The van der Waals surface area contributed by atoms with Crippen LogP contribution >= 0.6 is 11.6 Å². The highest BCUT2D eigenvalue weighted by molar-refractivity contribution is 6.30. The molecule has 1 aromatic carbocycles. The van der Waals surface area contributed by atoms with Crippen molar-refractivity contribution >= 4 is 29.4 Å². The number of hydrogen-bond donors (Lipinski definition) is 1. The molecule has 2 atom stereocenters. The van der Waals surface area contributed by atoms with Gasteiger partial charge in [-0.05, 0) is 51.5 Å². The minimum Gasteiger partial charge on any atom is -0.444 e. The SMILES string of the molecule is CC(C)(C)OC(=O)N1C[C@H](C#N)[C@H](NC(=O)CCCC(=O)c2ccc(Cl)cc2)C1. The van der Waals surface area contributed by atoms with Crippen LogP contribution in [0.15, 0.2) is 24.3 Å². The van der Waals surface area contributed by atoms with E-state index < -0.39 is 23.7 Å². The Hall–Kier alpha value is -2.59. The second-order valence-corrected chi connectivity index (χ2v) is 8.51. The summed E-state index contributed by atoms with van der Waals surface area (Å²) >= 11 is 5.81. The van der Waals surface area contributed by atoms with Gasteiger partial charge in [-0.3, -0.25) is 9.59 Å². The van der Waals surface area contributed by atoms with Gasteiger partial charge >= 0.3 is 6.09 Å². The molecule has 1 saturated heterocycles. The smallest absolute Gasteiger partial charge is 0.410 e. The van der Waals surface area contributed by atoms with Crippen molar-refractivity contribution in [3.63, 3.8) is 0 Å². The zero-order chi connectivity index (χ0) is 21.6. The summed E-state index contributed by atoms with van der Waals surface area (Å²) in [4.78, 5) is 38.0. The van der Waals surface area contributed by atoms with Gasteiger partial charge in [-0.25, -0.2) is 4.79 Å². The molecule has 0 spiro atoms. The average molecular weight is 420 g/mol. The van der Waals surface area contributed by atoms with E-state index in [9.17, 15) is 19.6 Å². The summed E-state index contributed by atoms with van der Waals surface area (Å²) in [5, 5.41) is 12.7. The van der Waals surface area contributed by atoms with E-state index in [2.05, 4.69) is 11.4 Å². The van der Waals surface area contributed by atoms with Crippen molar-refractivity contribution in [2.75, 3.05) is 13.1 Å². The lowest BCUT2D eigenvalue weighted by Crippen LogP contribution is -2.41. The normalized spacial score (nSPS) is 18.8. The molecule has 0 bridgehead atoms. The second kappa shape index (κ2) is 9.75. The molecule has 0 aromatic heterocycles. The number of nitrogens with zero attached hydrogens (tertiary/aromatic N) is 2. The standard InChI is InChI=1S/C21H26ClN3O4/c1-21(2,3)29-20(28)25-12-15(11-23)17(13-25)24-19(27)6-4-5-18(26)14-7-9-16(22)10-8-14/h7-10,15,17H,4-6,12-13H2,1-3H3,(H,24,27)/t15-,17+/m0/s1. The molecule has 0 unspecified atom stereocenters. The monoisotopic (exact) mass is 419 g/mol. The molecule has 1 aliphatic heterocycles. The molecule has 0 saturated carbocycles. The zero-order valence-electron chi connectivity index (χ0n) is 16.9. The number of benzene rings is 1. The number of Topliss-reactive ketones (excluding diaryl/α,β-unsaturated/α-hetero) is 1. The zero-order valence-corrected chi connectivity index (χ0v) is 17.7. The van der Waals surface area contributed by atoms with Gasteiger partial charge in [-0.2, -0.15) is 5.26 Å². The van der Waals surface area contributed by atoms with Crippen molar-refractivity contribution < 1.29 is 19.1 Å². The van der Waals surface area contributed by atoms with Crippen LogP contribution < -0.4 is 5.32 Å². The van der Waals surface area contributed by atoms with Gasteiger partial charge in [0.1, 0.15) is 5.60 Å². The number of ketones is 1. The lowest BCUT2D eigenvalue weighted by molar-refractivity contribution is -0.121. The predicted molar refractivity (Wildman–Crippen MR) is 108 cm³/mol. The average Bonchev–Trinajstić information content (AvgIpc) is 3.03. The first kappa shape index (κ1) is 22.7. The van der Waals surface area contributed by atoms with Crippen LogP contribution in [0, 0.1) is 17.2 Å². The third-order valence-corrected chi connectivity index (χ3v) is 4.71. The Morgan fingerprint density at radius 2 is 1.86 bits per heavy atom. The van der Waals surface area contributed by atoms with Crippen molar-refractivity contribution in [3.05, 3.63) is 34.9 Å². The summed E-state index contributed by atoms with van der Waals surface area (Å²) in [5.74, 6) is -0.798. The Bertz CT molecular complexity index is 796. The van der Waals surface area contributed by atoms with Gasteiger partial charge in [0.2, 0.25) is 5.91 Å². The summed E-state index contributed by atoms with van der Waals surface area (Å²) < 4.78 is 5.33. The summed E-state index contributed by atoms with van der Waals surface area (Å²) in [6.07, 6.45) is 0.307. The third kappa shape index (κ3) is 7.06. The lowest BCUT2D eigenvalue weighted by Gasteiger charge is -2.24. The second-order valence-electron chi connectivity index (χ2n) is 8.08. The first-order valence-corrected chi connectivity index (χ1v) is 9.92.